The maximum Gasteiger partial charge on any atom is 0.333 e. The third kappa shape index (κ3) is 6.02. The lowest BCUT2D eigenvalue weighted by molar-refractivity contribution is -0.147. The van der Waals surface area contributed by atoms with Gasteiger partial charge in [0.2, 0.25) is 0 Å². The fourth-order valence-electron chi connectivity index (χ4n) is 6.15. The zero-order valence-corrected chi connectivity index (χ0v) is 21.5. The Kier molecular flexibility index (Phi) is 9.27. The normalized spacial score (nSPS) is 27.3. The zero-order valence-electron chi connectivity index (χ0n) is 21.5. The van der Waals surface area contributed by atoms with Gasteiger partial charge in [-0.05, 0) is 82.2 Å². The summed E-state index contributed by atoms with van der Waals surface area (Å²) in [4.78, 5) is 33.4. The molecule has 1 N–H and O–H groups in total. The van der Waals surface area contributed by atoms with Crippen molar-refractivity contribution in [3.63, 3.8) is 0 Å². The molecule has 1 aliphatic carbocycles. The quantitative estimate of drug-likeness (QED) is 0.460. The largest absolute Gasteiger partial charge is 0.479 e. The Bertz CT molecular complexity index is 900. The fourth-order valence-corrected chi connectivity index (χ4v) is 6.15. The highest BCUT2D eigenvalue weighted by Crippen LogP contribution is 2.45. The first-order chi connectivity index (χ1) is 16.7. The number of unbranched alkanes of at least 4 members (excludes halogenated alkanes) is 1. The predicted octanol–water partition coefficient (Wildman–Crippen LogP) is 4.52. The van der Waals surface area contributed by atoms with Crippen molar-refractivity contribution in [3.05, 3.63) is 35.6 Å². The van der Waals surface area contributed by atoms with Crippen LogP contribution in [0.25, 0.3) is 0 Å². The Hall–Kier alpha value is -2.48. The van der Waals surface area contributed by atoms with Gasteiger partial charge in [-0.15, -0.1) is 0 Å². The number of carboxylic acid groups (broad SMARTS) is 1. The van der Waals surface area contributed by atoms with Gasteiger partial charge in [-0.25, -0.2) is 9.18 Å². The van der Waals surface area contributed by atoms with Gasteiger partial charge in [0.15, 0.2) is 5.54 Å². The van der Waals surface area contributed by atoms with Crippen LogP contribution < -0.4 is 0 Å². The maximum absolute atomic E-state index is 14.0. The summed E-state index contributed by atoms with van der Waals surface area (Å²) in [5.41, 5.74) is -0.367. The minimum Gasteiger partial charge on any atom is -0.479 e. The molecule has 3 unspecified atom stereocenters. The van der Waals surface area contributed by atoms with Gasteiger partial charge in [0.05, 0.1) is 19.5 Å². The number of esters is 1. The molecule has 0 radical (unpaired) electrons. The average molecular weight is 490 g/mol. The predicted molar refractivity (Wildman–Crippen MR) is 134 cm³/mol. The number of methoxy groups -OCH3 is 1. The van der Waals surface area contributed by atoms with Gasteiger partial charge in [0.25, 0.3) is 0 Å². The molecule has 3 rings (SSSR count). The highest BCUT2D eigenvalue weighted by molar-refractivity contribution is 5.86. The van der Waals surface area contributed by atoms with E-state index in [0.717, 1.165) is 50.6 Å². The molecule has 1 aliphatic heterocycles. The first kappa shape index (κ1) is 27.1. The van der Waals surface area contributed by atoms with Crippen molar-refractivity contribution in [2.24, 2.45) is 16.8 Å². The molecule has 0 amide bonds. The van der Waals surface area contributed by atoms with Crippen molar-refractivity contribution in [3.8, 4) is 0 Å². The van der Waals surface area contributed by atoms with Crippen LogP contribution >= 0.6 is 0 Å². The summed E-state index contributed by atoms with van der Waals surface area (Å²) in [6.45, 7) is 2.87. The zero-order chi connectivity index (χ0) is 25.6. The third-order valence-corrected chi connectivity index (χ3v) is 7.82. The Labute approximate surface area is 208 Å². The lowest BCUT2D eigenvalue weighted by Gasteiger charge is -2.44. The summed E-state index contributed by atoms with van der Waals surface area (Å²) in [6, 6.07) is 6.65. The van der Waals surface area contributed by atoms with Crippen molar-refractivity contribution in [1.29, 1.82) is 0 Å². The SMILES string of the molecule is CCCCN1C=NC(CCC(=O)OC)(C(=O)O)C1C1CCC(C(c2cccc(F)c2)N(C)C)CC1. The van der Waals surface area contributed by atoms with Crippen LogP contribution in [0.5, 0.6) is 0 Å². The number of rotatable bonds is 11. The van der Waals surface area contributed by atoms with E-state index in [1.165, 1.54) is 13.2 Å². The second-order valence-corrected chi connectivity index (χ2v) is 10.2. The van der Waals surface area contributed by atoms with E-state index in [0.29, 0.717) is 5.92 Å². The van der Waals surface area contributed by atoms with Crippen LogP contribution in [0.4, 0.5) is 4.39 Å². The third-order valence-electron chi connectivity index (χ3n) is 7.82. The van der Waals surface area contributed by atoms with Crippen LogP contribution in [0, 0.1) is 17.7 Å². The molecule has 194 valence electrons. The number of hydrogen-bond donors (Lipinski definition) is 1. The molecule has 8 heteroatoms. The molecular formula is C27H40FN3O4. The highest BCUT2D eigenvalue weighted by Gasteiger charge is 2.54. The number of carboxylic acids is 1. The number of hydrogen-bond acceptors (Lipinski definition) is 6. The first-order valence-electron chi connectivity index (χ1n) is 12.8. The number of carbonyl (C=O) groups is 2. The van der Waals surface area contributed by atoms with Crippen LogP contribution in [0.2, 0.25) is 0 Å². The molecule has 2 aliphatic rings. The van der Waals surface area contributed by atoms with E-state index >= 15 is 0 Å². The smallest absolute Gasteiger partial charge is 0.333 e. The number of halogens is 1. The second-order valence-electron chi connectivity index (χ2n) is 10.2. The van der Waals surface area contributed by atoms with Gasteiger partial charge in [0, 0.05) is 19.0 Å². The Balaban J connectivity index is 1.81. The minimum absolute atomic E-state index is 0.0237. The summed E-state index contributed by atoms with van der Waals surface area (Å²) in [5, 5.41) is 10.3. The molecule has 1 fully saturated rings. The van der Waals surface area contributed by atoms with Gasteiger partial charge >= 0.3 is 11.9 Å². The van der Waals surface area contributed by atoms with Crippen molar-refractivity contribution in [1.82, 2.24) is 9.80 Å². The van der Waals surface area contributed by atoms with Crippen molar-refractivity contribution in [2.45, 2.75) is 75.9 Å². The van der Waals surface area contributed by atoms with E-state index in [9.17, 15) is 19.1 Å². The standard InChI is InChI=1S/C27H40FN3O4/c1-5-6-16-31-18-29-27(26(33)34,15-14-23(32)35-4)25(31)20-12-10-19(11-13-20)24(30(2)3)21-8-7-9-22(28)17-21/h7-9,17-20,24-25H,5-6,10-16H2,1-4H3,(H,33,34). The van der Waals surface area contributed by atoms with E-state index < -0.39 is 17.5 Å². The summed E-state index contributed by atoms with van der Waals surface area (Å²) < 4.78 is 18.8. The highest BCUT2D eigenvalue weighted by atomic mass is 19.1. The second kappa shape index (κ2) is 12.0. The number of carbonyl (C=O) groups excluding carboxylic acids is 1. The lowest BCUT2D eigenvalue weighted by atomic mass is 9.69. The lowest BCUT2D eigenvalue weighted by Crippen LogP contribution is -2.56. The number of benzene rings is 1. The number of ether oxygens (including phenoxy) is 1. The van der Waals surface area contributed by atoms with Gasteiger partial charge in [-0.2, -0.15) is 0 Å². The number of nitrogens with zero attached hydrogens (tertiary/aromatic N) is 3. The van der Waals surface area contributed by atoms with E-state index in [4.69, 9.17) is 4.74 Å². The number of aliphatic imine (C=N–C) groups is 1. The minimum atomic E-state index is -1.34. The van der Waals surface area contributed by atoms with Crippen molar-refractivity contribution >= 4 is 18.3 Å². The summed E-state index contributed by atoms with van der Waals surface area (Å²) in [7, 11) is 5.38. The fraction of sp³-hybridized carbons (Fsp3) is 0.667. The molecule has 0 aromatic heterocycles. The molecule has 1 aromatic carbocycles. The Morgan fingerprint density at radius 3 is 2.57 bits per heavy atom. The number of aliphatic carboxylic acids is 1. The molecule has 3 atom stereocenters. The van der Waals surface area contributed by atoms with Crippen LogP contribution in [0.15, 0.2) is 29.3 Å². The molecule has 0 bridgehead atoms. The topological polar surface area (TPSA) is 82.4 Å². The molecular weight excluding hydrogens is 449 g/mol. The monoisotopic (exact) mass is 489 g/mol. The molecule has 0 saturated heterocycles. The van der Waals surface area contributed by atoms with Crippen LogP contribution in [-0.4, -0.2) is 72.5 Å². The molecule has 7 nitrogen and oxygen atoms in total. The molecule has 1 saturated carbocycles. The van der Waals surface area contributed by atoms with Crippen LogP contribution in [0.3, 0.4) is 0 Å². The first-order valence-corrected chi connectivity index (χ1v) is 12.8. The van der Waals surface area contributed by atoms with E-state index in [2.05, 4.69) is 21.7 Å². The summed E-state index contributed by atoms with van der Waals surface area (Å²) in [5.74, 6) is -1.12. The van der Waals surface area contributed by atoms with Crippen LogP contribution in [-0.2, 0) is 14.3 Å². The van der Waals surface area contributed by atoms with Crippen molar-refractivity contribution in [2.75, 3.05) is 27.7 Å². The molecule has 1 aromatic rings. The molecule has 1 heterocycles. The Morgan fingerprint density at radius 2 is 2.00 bits per heavy atom. The maximum atomic E-state index is 14.0. The van der Waals surface area contributed by atoms with Crippen molar-refractivity contribution < 1.29 is 23.8 Å². The van der Waals surface area contributed by atoms with E-state index in [1.54, 1.807) is 18.5 Å². The summed E-state index contributed by atoms with van der Waals surface area (Å²) >= 11 is 0. The average Bonchev–Trinajstić information content (AvgIpc) is 3.21. The van der Waals surface area contributed by atoms with Gasteiger partial charge in [-0.1, -0.05) is 25.5 Å². The van der Waals surface area contributed by atoms with Crippen LogP contribution in [0.1, 0.15) is 69.9 Å². The molecule has 0 spiro atoms. The van der Waals surface area contributed by atoms with Gasteiger partial charge in [-0.3, -0.25) is 9.79 Å². The summed E-state index contributed by atoms with van der Waals surface area (Å²) in [6.07, 6.45) is 7.40. The van der Waals surface area contributed by atoms with E-state index in [1.807, 2.05) is 20.2 Å². The molecule has 35 heavy (non-hydrogen) atoms. The van der Waals surface area contributed by atoms with Gasteiger partial charge in [0.1, 0.15) is 5.82 Å². The van der Waals surface area contributed by atoms with E-state index in [-0.39, 0.29) is 36.7 Å². The Morgan fingerprint density at radius 1 is 1.29 bits per heavy atom. The van der Waals surface area contributed by atoms with Gasteiger partial charge < -0.3 is 19.6 Å².